The molecule has 0 fully saturated rings. The molecule has 3 N–H and O–H groups in total. The summed E-state index contributed by atoms with van der Waals surface area (Å²) in [6.07, 6.45) is 0.524. The summed E-state index contributed by atoms with van der Waals surface area (Å²) in [6.45, 7) is 9.98. The molecule has 4 heteroatoms. The highest BCUT2D eigenvalue weighted by atomic mass is 16.3. The van der Waals surface area contributed by atoms with Crippen molar-refractivity contribution in [2.45, 2.75) is 57.3 Å². The van der Waals surface area contributed by atoms with Crippen molar-refractivity contribution >= 4 is 5.78 Å². The summed E-state index contributed by atoms with van der Waals surface area (Å²) in [5.41, 5.74) is 0.630. The predicted molar refractivity (Wildman–Crippen MR) is 127 cm³/mol. The maximum atomic E-state index is 14.3. The van der Waals surface area contributed by atoms with Gasteiger partial charge in [0.2, 0.25) is 0 Å². The zero-order valence-corrected chi connectivity index (χ0v) is 19.4. The Morgan fingerprint density at radius 3 is 1.34 bits per heavy atom. The van der Waals surface area contributed by atoms with Crippen LogP contribution in [0.1, 0.15) is 57.7 Å². The van der Waals surface area contributed by atoms with Crippen LogP contribution in [0.4, 0.5) is 0 Å². The number of carbonyl (C=O) groups is 1. The molecule has 0 amide bonds. The molecule has 0 saturated heterocycles. The Kier molecular flexibility index (Phi) is 6.10. The van der Waals surface area contributed by atoms with E-state index in [1.54, 1.807) is 48.5 Å². The predicted octanol–water partition coefficient (Wildman–Crippen LogP) is 5.98. The molecule has 0 radical (unpaired) electrons. The van der Waals surface area contributed by atoms with Gasteiger partial charge in [-0.3, -0.25) is 4.79 Å². The Morgan fingerprint density at radius 2 is 0.938 bits per heavy atom. The minimum atomic E-state index is -0.865. The summed E-state index contributed by atoms with van der Waals surface area (Å²) in [6, 6.07) is 20.7. The van der Waals surface area contributed by atoms with Gasteiger partial charge in [0.25, 0.3) is 0 Å². The molecular formula is C28H32O4. The van der Waals surface area contributed by atoms with E-state index in [1.165, 1.54) is 0 Å². The number of aromatic hydroxyl groups is 3. The van der Waals surface area contributed by atoms with E-state index in [2.05, 4.69) is 13.8 Å². The minimum absolute atomic E-state index is 0.0493. The van der Waals surface area contributed by atoms with Gasteiger partial charge in [-0.15, -0.1) is 0 Å². The Morgan fingerprint density at radius 1 is 0.594 bits per heavy atom. The fourth-order valence-corrected chi connectivity index (χ4v) is 4.74. The first-order valence-corrected chi connectivity index (χ1v) is 10.8. The summed E-state index contributed by atoms with van der Waals surface area (Å²) >= 11 is 0. The van der Waals surface area contributed by atoms with Crippen molar-refractivity contribution < 1.29 is 20.1 Å². The molecule has 0 aliphatic carbocycles. The zero-order valence-electron chi connectivity index (χ0n) is 19.4. The van der Waals surface area contributed by atoms with Crippen LogP contribution in [0.5, 0.6) is 17.2 Å². The standard InChI is InChI=1S/C28H32O4/c1-26(2,19-6-12-22(29)13-7-19)18-28(5,21-10-16-24(31)17-11-21)25(32)27(3,4)20-8-14-23(30)15-9-20/h6-17,29-31H,18H2,1-5H3. The van der Waals surface area contributed by atoms with Crippen LogP contribution in [0.3, 0.4) is 0 Å². The van der Waals surface area contributed by atoms with E-state index in [0.717, 1.165) is 16.7 Å². The van der Waals surface area contributed by atoms with Crippen LogP contribution in [-0.4, -0.2) is 21.1 Å². The molecule has 168 valence electrons. The third kappa shape index (κ3) is 4.50. The van der Waals surface area contributed by atoms with E-state index in [0.29, 0.717) is 6.42 Å². The van der Waals surface area contributed by atoms with Crippen molar-refractivity contribution in [1.29, 1.82) is 0 Å². The van der Waals surface area contributed by atoms with Crippen molar-refractivity contribution in [2.24, 2.45) is 0 Å². The van der Waals surface area contributed by atoms with E-state index in [-0.39, 0.29) is 28.4 Å². The normalized spacial score (nSPS) is 14.0. The third-order valence-corrected chi connectivity index (χ3v) is 6.61. The van der Waals surface area contributed by atoms with E-state index < -0.39 is 10.8 Å². The van der Waals surface area contributed by atoms with Crippen LogP contribution in [-0.2, 0) is 21.0 Å². The number of benzene rings is 3. The quantitative estimate of drug-likeness (QED) is 0.429. The van der Waals surface area contributed by atoms with Gasteiger partial charge in [0.1, 0.15) is 17.2 Å². The molecule has 4 nitrogen and oxygen atoms in total. The van der Waals surface area contributed by atoms with Gasteiger partial charge in [0.05, 0.1) is 5.41 Å². The highest BCUT2D eigenvalue weighted by Crippen LogP contribution is 2.44. The van der Waals surface area contributed by atoms with Crippen molar-refractivity contribution in [3.05, 3.63) is 89.5 Å². The number of hydrogen-bond acceptors (Lipinski definition) is 4. The molecule has 0 saturated carbocycles. The maximum Gasteiger partial charge on any atom is 0.153 e. The average Bonchev–Trinajstić information content (AvgIpc) is 2.74. The third-order valence-electron chi connectivity index (χ3n) is 6.61. The smallest absolute Gasteiger partial charge is 0.153 e. The number of ketones is 1. The van der Waals surface area contributed by atoms with E-state index in [1.807, 2.05) is 45.0 Å². The fourth-order valence-electron chi connectivity index (χ4n) is 4.74. The van der Waals surface area contributed by atoms with Gasteiger partial charge in [-0.2, -0.15) is 0 Å². The summed E-state index contributed by atoms with van der Waals surface area (Å²) in [5, 5.41) is 29.2. The molecule has 0 aromatic heterocycles. The Labute approximate surface area is 190 Å². The van der Waals surface area contributed by atoms with Crippen molar-refractivity contribution in [3.8, 4) is 17.2 Å². The van der Waals surface area contributed by atoms with Gasteiger partial charge in [-0.25, -0.2) is 0 Å². The van der Waals surface area contributed by atoms with Crippen LogP contribution < -0.4 is 0 Å². The lowest BCUT2D eigenvalue weighted by atomic mass is 9.60. The van der Waals surface area contributed by atoms with Crippen molar-refractivity contribution in [3.63, 3.8) is 0 Å². The van der Waals surface area contributed by atoms with E-state index in [4.69, 9.17) is 0 Å². The molecular weight excluding hydrogens is 400 g/mol. The number of phenolic OH excluding ortho intramolecular Hbond substituents is 3. The second-order valence-electron chi connectivity index (χ2n) is 9.99. The Bertz CT molecular complexity index is 1080. The minimum Gasteiger partial charge on any atom is -0.508 e. The molecule has 0 heterocycles. The number of carbonyl (C=O) groups excluding carboxylic acids is 1. The first kappa shape index (κ1) is 23.4. The molecule has 0 aliphatic rings. The summed E-state index contributed by atoms with van der Waals surface area (Å²) in [4.78, 5) is 14.3. The first-order chi connectivity index (χ1) is 14.9. The summed E-state index contributed by atoms with van der Waals surface area (Å²) in [7, 11) is 0. The van der Waals surface area contributed by atoms with Gasteiger partial charge < -0.3 is 15.3 Å². The summed E-state index contributed by atoms with van der Waals surface area (Å²) < 4.78 is 0. The molecule has 0 spiro atoms. The SMILES string of the molecule is CC(C)(CC(C)(C(=O)C(C)(C)c1ccc(O)cc1)c1ccc(O)cc1)c1ccc(O)cc1. The highest BCUT2D eigenvalue weighted by Gasteiger charge is 2.47. The first-order valence-electron chi connectivity index (χ1n) is 10.8. The number of Topliss-reactive ketones (excluding diaryl/α,β-unsaturated/α-hetero) is 1. The van der Waals surface area contributed by atoms with Gasteiger partial charge in [0, 0.05) is 5.41 Å². The van der Waals surface area contributed by atoms with Crippen LogP contribution in [0.2, 0.25) is 0 Å². The topological polar surface area (TPSA) is 77.8 Å². The molecule has 3 rings (SSSR count). The van der Waals surface area contributed by atoms with E-state index in [9.17, 15) is 20.1 Å². The fraction of sp³-hybridized carbons (Fsp3) is 0.321. The number of phenols is 3. The van der Waals surface area contributed by atoms with Crippen LogP contribution in [0, 0.1) is 0 Å². The van der Waals surface area contributed by atoms with Gasteiger partial charge in [0.15, 0.2) is 5.78 Å². The maximum absolute atomic E-state index is 14.3. The molecule has 32 heavy (non-hydrogen) atoms. The van der Waals surface area contributed by atoms with Crippen molar-refractivity contribution in [2.75, 3.05) is 0 Å². The van der Waals surface area contributed by atoms with Gasteiger partial charge in [-0.1, -0.05) is 50.2 Å². The van der Waals surface area contributed by atoms with Gasteiger partial charge >= 0.3 is 0 Å². The second-order valence-corrected chi connectivity index (χ2v) is 9.99. The van der Waals surface area contributed by atoms with Crippen LogP contribution >= 0.6 is 0 Å². The molecule has 1 atom stereocenters. The van der Waals surface area contributed by atoms with Crippen molar-refractivity contribution in [1.82, 2.24) is 0 Å². The molecule has 0 bridgehead atoms. The zero-order chi connectivity index (χ0) is 23.7. The van der Waals surface area contributed by atoms with Gasteiger partial charge in [-0.05, 0) is 85.7 Å². The highest BCUT2D eigenvalue weighted by molar-refractivity contribution is 5.98. The molecule has 1 unspecified atom stereocenters. The van der Waals surface area contributed by atoms with Crippen LogP contribution in [0.15, 0.2) is 72.8 Å². The summed E-state index contributed by atoms with van der Waals surface area (Å²) in [5.74, 6) is 0.564. The molecule has 3 aromatic rings. The Hall–Kier alpha value is -3.27. The second kappa shape index (κ2) is 8.34. The van der Waals surface area contributed by atoms with Crippen LogP contribution in [0.25, 0.3) is 0 Å². The van der Waals surface area contributed by atoms with E-state index >= 15 is 0 Å². The lowest BCUT2D eigenvalue weighted by Gasteiger charge is -2.42. The lowest BCUT2D eigenvalue weighted by Crippen LogP contribution is -2.47. The molecule has 3 aromatic carbocycles. The average molecular weight is 433 g/mol. The lowest BCUT2D eigenvalue weighted by molar-refractivity contribution is -0.129. The number of rotatable bonds is 7. The largest absolute Gasteiger partial charge is 0.508 e. The monoisotopic (exact) mass is 432 g/mol. The molecule has 0 aliphatic heterocycles. The number of hydrogen-bond donors (Lipinski definition) is 3. The Balaban J connectivity index is 2.10.